The first kappa shape index (κ1) is 60.7. The van der Waals surface area contributed by atoms with Crippen LogP contribution in [0.15, 0.2) is 376 Å². The van der Waals surface area contributed by atoms with Crippen LogP contribution in [0.2, 0.25) is 0 Å². The van der Waals surface area contributed by atoms with Crippen molar-refractivity contribution in [2.24, 2.45) is 0 Å². The van der Waals surface area contributed by atoms with E-state index in [1.165, 1.54) is 86.9 Å². The van der Waals surface area contributed by atoms with Gasteiger partial charge in [-0.3, -0.25) is 0 Å². The summed E-state index contributed by atoms with van der Waals surface area (Å²) >= 11 is 0. The van der Waals surface area contributed by atoms with Gasteiger partial charge in [0.2, 0.25) is 0 Å². The summed E-state index contributed by atoms with van der Waals surface area (Å²) in [4.78, 5) is 29.6. The molecule has 2 aromatic heterocycles. The average molecular weight is 1300 g/mol. The number of rotatable bonds is 11. The maximum absolute atomic E-state index is 5.03. The van der Waals surface area contributed by atoms with E-state index >= 15 is 0 Å². The van der Waals surface area contributed by atoms with Crippen LogP contribution in [0.1, 0.15) is 0 Å². The fraction of sp³-hybridized carbons (Fsp3) is 0. The second-order valence-corrected chi connectivity index (χ2v) is 25.7. The van der Waals surface area contributed by atoms with Crippen LogP contribution in [0, 0.1) is 0 Å². The van der Waals surface area contributed by atoms with Gasteiger partial charge in [-0.15, -0.1) is 0 Å². The lowest BCUT2D eigenvalue weighted by molar-refractivity contribution is 1.07. The van der Waals surface area contributed by atoms with Crippen LogP contribution in [0.5, 0.6) is 0 Å². The van der Waals surface area contributed by atoms with Gasteiger partial charge in [-0.1, -0.05) is 346 Å². The summed E-state index contributed by atoms with van der Waals surface area (Å²) < 4.78 is 0. The molecule has 0 unspecified atom stereocenters. The Balaban J connectivity index is 0.000000147. The van der Waals surface area contributed by atoms with Gasteiger partial charge in [0.05, 0.1) is 0 Å². The topological polar surface area (TPSA) is 77.3 Å². The number of aromatic nitrogens is 6. The van der Waals surface area contributed by atoms with Crippen LogP contribution in [0.4, 0.5) is 0 Å². The molecule has 102 heavy (non-hydrogen) atoms. The molecule has 0 fully saturated rings. The maximum Gasteiger partial charge on any atom is 0.164 e. The minimum Gasteiger partial charge on any atom is -0.208 e. The Kier molecular flexibility index (Phi) is 15.8. The van der Waals surface area contributed by atoms with E-state index in [2.05, 4.69) is 279 Å². The summed E-state index contributed by atoms with van der Waals surface area (Å²) in [5.41, 5.74) is 17.3. The van der Waals surface area contributed by atoms with Crippen LogP contribution in [-0.4, -0.2) is 29.9 Å². The van der Waals surface area contributed by atoms with Crippen molar-refractivity contribution in [1.29, 1.82) is 0 Å². The maximum atomic E-state index is 5.03. The molecule has 2 heterocycles. The van der Waals surface area contributed by atoms with Gasteiger partial charge in [0.15, 0.2) is 34.9 Å². The third-order valence-corrected chi connectivity index (χ3v) is 19.4. The predicted molar refractivity (Wildman–Crippen MR) is 424 cm³/mol. The fourth-order valence-corrected chi connectivity index (χ4v) is 14.3. The van der Waals surface area contributed by atoms with Gasteiger partial charge in [-0.2, -0.15) is 0 Å². The second-order valence-electron chi connectivity index (χ2n) is 25.7. The molecule has 0 aliphatic carbocycles. The normalized spacial score (nSPS) is 11.3. The van der Waals surface area contributed by atoms with E-state index in [1.807, 2.05) is 97.1 Å². The van der Waals surface area contributed by atoms with E-state index < -0.39 is 0 Å². The molecule has 0 amide bonds. The van der Waals surface area contributed by atoms with Gasteiger partial charge >= 0.3 is 0 Å². The Labute approximate surface area is 591 Å². The van der Waals surface area contributed by atoms with Crippen LogP contribution in [0.25, 0.3) is 189 Å². The quantitative estimate of drug-likeness (QED) is 0.120. The van der Waals surface area contributed by atoms with Crippen molar-refractivity contribution >= 4 is 64.6 Å². The molecule has 0 radical (unpaired) electrons. The average Bonchev–Trinajstić information content (AvgIpc) is 0.747. The molecule has 6 nitrogen and oxygen atoms in total. The Morgan fingerprint density at radius 2 is 0.265 bits per heavy atom. The molecular formula is C96H62N6. The van der Waals surface area contributed by atoms with Crippen molar-refractivity contribution in [2.45, 2.75) is 0 Å². The zero-order chi connectivity index (χ0) is 67.7. The van der Waals surface area contributed by atoms with Crippen molar-refractivity contribution in [2.75, 3.05) is 0 Å². The standard InChI is InChI=1S/C51H33N3.C45H29N3/c1-3-13-34(14-4-1)39-18-12-20-42(32-39)51-53-49(36-15-5-2-6-16-36)52-50(54-51)37-27-25-35(26-28-37)38-17-11-19-40(31-38)41-29-30-47-45-23-8-7-21-43(45)44-22-9-10-24-46(44)48(47)33-41;1-3-12-31(13-4-1)43-46-44(32-14-5-2-6-15-32)48-45(47-43)33-24-22-30(23-25-33)34-16-11-17-35(28-34)36-26-27-41-39-20-8-7-18-37(39)38-19-9-10-21-40(38)42(41)29-36/h1-33H;1-29H. The van der Waals surface area contributed by atoms with Gasteiger partial charge in [-0.25, -0.2) is 29.9 Å². The fourth-order valence-electron chi connectivity index (χ4n) is 14.3. The summed E-state index contributed by atoms with van der Waals surface area (Å²) in [6.45, 7) is 0. The lowest BCUT2D eigenvalue weighted by Crippen LogP contribution is -2.00. The first-order valence-electron chi connectivity index (χ1n) is 34.5. The molecule has 0 saturated heterocycles. The van der Waals surface area contributed by atoms with E-state index in [0.717, 1.165) is 66.8 Å². The molecule has 6 heteroatoms. The molecule has 0 bridgehead atoms. The van der Waals surface area contributed by atoms with Gasteiger partial charge in [0.1, 0.15) is 0 Å². The molecule has 476 valence electrons. The SMILES string of the molecule is c1ccc(-c2cccc(-c3nc(-c4ccccc4)nc(-c4ccc(-c5cccc(-c6ccc7c8ccccc8c8ccccc8c7c6)c5)cc4)n3)c2)cc1.c1ccc(-c2nc(-c3ccccc3)nc(-c3ccc(-c4cccc(-c5ccc6c7ccccc7c7ccccc7c6c5)c4)cc3)n2)cc1. The first-order valence-corrected chi connectivity index (χ1v) is 34.5. The van der Waals surface area contributed by atoms with Gasteiger partial charge in [0.25, 0.3) is 0 Å². The highest BCUT2D eigenvalue weighted by Crippen LogP contribution is 2.41. The molecular weight excluding hydrogens is 1240 g/mol. The van der Waals surface area contributed by atoms with E-state index in [1.54, 1.807) is 0 Å². The minimum absolute atomic E-state index is 0.639. The molecule has 19 aromatic rings. The molecule has 0 atom stereocenters. The lowest BCUT2D eigenvalue weighted by Gasteiger charge is -2.13. The Bertz CT molecular complexity index is 6210. The van der Waals surface area contributed by atoms with Gasteiger partial charge in [0, 0.05) is 33.4 Å². The zero-order valence-corrected chi connectivity index (χ0v) is 55.5. The van der Waals surface area contributed by atoms with Gasteiger partial charge < -0.3 is 0 Å². The zero-order valence-electron chi connectivity index (χ0n) is 55.5. The Morgan fingerprint density at radius 3 is 0.569 bits per heavy atom. The summed E-state index contributed by atoms with van der Waals surface area (Å²) in [5, 5.41) is 15.4. The summed E-state index contributed by atoms with van der Waals surface area (Å²) in [6, 6.07) is 132. The highest BCUT2D eigenvalue weighted by Gasteiger charge is 2.18. The van der Waals surface area contributed by atoms with E-state index in [0.29, 0.717) is 34.9 Å². The molecule has 17 aromatic carbocycles. The highest BCUT2D eigenvalue weighted by molar-refractivity contribution is 6.27. The van der Waals surface area contributed by atoms with Crippen LogP contribution in [-0.2, 0) is 0 Å². The number of fused-ring (bicyclic) bond motifs is 12. The van der Waals surface area contributed by atoms with Crippen molar-refractivity contribution < 1.29 is 0 Å². The van der Waals surface area contributed by atoms with Crippen molar-refractivity contribution in [3.8, 4) is 124 Å². The molecule has 0 aliphatic heterocycles. The van der Waals surface area contributed by atoms with Gasteiger partial charge in [-0.05, 0) is 151 Å². The third kappa shape index (κ3) is 11.8. The number of nitrogens with zero attached hydrogens (tertiary/aromatic N) is 6. The van der Waals surface area contributed by atoms with E-state index in [4.69, 9.17) is 29.9 Å². The Hall–Kier alpha value is -13.7. The van der Waals surface area contributed by atoms with Crippen molar-refractivity contribution in [3.63, 3.8) is 0 Å². The minimum atomic E-state index is 0.639. The van der Waals surface area contributed by atoms with E-state index in [-0.39, 0.29) is 0 Å². The Morgan fingerprint density at radius 1 is 0.0980 bits per heavy atom. The molecule has 19 rings (SSSR count). The molecule has 0 saturated carbocycles. The summed E-state index contributed by atoms with van der Waals surface area (Å²) in [5.74, 6) is 3.90. The largest absolute Gasteiger partial charge is 0.208 e. The number of hydrogen-bond acceptors (Lipinski definition) is 6. The third-order valence-electron chi connectivity index (χ3n) is 19.4. The lowest BCUT2D eigenvalue weighted by atomic mass is 9.91. The summed E-state index contributed by atoms with van der Waals surface area (Å²) in [6.07, 6.45) is 0. The molecule has 0 N–H and O–H groups in total. The second kappa shape index (κ2) is 26.6. The van der Waals surface area contributed by atoms with Crippen molar-refractivity contribution in [3.05, 3.63) is 376 Å². The highest BCUT2D eigenvalue weighted by atomic mass is 15.0. The monoisotopic (exact) mass is 1300 g/mol. The molecule has 0 spiro atoms. The van der Waals surface area contributed by atoms with Crippen LogP contribution < -0.4 is 0 Å². The van der Waals surface area contributed by atoms with Crippen LogP contribution in [0.3, 0.4) is 0 Å². The van der Waals surface area contributed by atoms with Crippen LogP contribution >= 0.6 is 0 Å². The van der Waals surface area contributed by atoms with E-state index in [9.17, 15) is 0 Å². The predicted octanol–water partition coefficient (Wildman–Crippen LogP) is 25.0. The molecule has 0 aliphatic rings. The summed E-state index contributed by atoms with van der Waals surface area (Å²) in [7, 11) is 0. The van der Waals surface area contributed by atoms with Crippen molar-refractivity contribution in [1.82, 2.24) is 29.9 Å². The first-order chi connectivity index (χ1) is 50.5. The number of benzene rings is 17. The number of hydrogen-bond donors (Lipinski definition) is 0. The smallest absolute Gasteiger partial charge is 0.164 e.